The quantitative estimate of drug-likeness (QED) is 0.228. The number of hydrogen-bond acceptors (Lipinski definition) is 5. The van der Waals surface area contributed by atoms with Gasteiger partial charge in [-0.15, -0.1) is 0 Å². The molecule has 2 N–H and O–H groups in total. The molecule has 8 heteroatoms. The fraction of sp³-hybridized carbons (Fsp3) is 0.559. The van der Waals surface area contributed by atoms with Crippen molar-refractivity contribution >= 4 is 23.6 Å². The third-order valence-electron chi connectivity index (χ3n) is 7.55. The Hall–Kier alpha value is -3.55. The van der Waals surface area contributed by atoms with Gasteiger partial charge in [-0.3, -0.25) is 9.59 Å². The molecule has 0 spiro atoms. The first-order valence-electron chi connectivity index (χ1n) is 15.1. The minimum absolute atomic E-state index is 0.188. The van der Waals surface area contributed by atoms with E-state index in [-0.39, 0.29) is 17.7 Å². The maximum absolute atomic E-state index is 14.5. The Morgan fingerprint density at radius 3 is 2.19 bits per heavy atom. The minimum Gasteiger partial charge on any atom is -0.497 e. The Balaban J connectivity index is 2.61. The highest BCUT2D eigenvalue weighted by atomic mass is 16.6. The lowest BCUT2D eigenvalue weighted by atomic mass is 9.92. The van der Waals surface area contributed by atoms with Crippen LogP contribution in [0.3, 0.4) is 0 Å². The summed E-state index contributed by atoms with van der Waals surface area (Å²) in [6.07, 6.45) is 3.73. The number of aryl methyl sites for hydroxylation is 1. The van der Waals surface area contributed by atoms with Crippen molar-refractivity contribution in [2.75, 3.05) is 19.0 Å². The van der Waals surface area contributed by atoms with Crippen molar-refractivity contribution in [1.82, 2.24) is 10.2 Å². The average molecular weight is 582 g/mol. The number of nitrogens with zero attached hydrogens (tertiary/aromatic N) is 1. The standard InChI is InChI=1S/C34H51N3O5/c1-10-12-13-14-22-37(32(39)29(23(3)11-2)36-33(40)42-34(6,7)8)30(28-17-15-16-24(4)25(28)5)31(38)35-26-18-20-27(41-9)21-19-26/h15-21,23,29-30H,10-14,22H2,1-9H3,(H,35,38)(H,36,40). The number of carbonyl (C=O) groups is 3. The Morgan fingerprint density at radius 1 is 0.952 bits per heavy atom. The number of alkyl carbamates (subject to hydrolysis) is 1. The highest BCUT2D eigenvalue weighted by Gasteiger charge is 2.38. The van der Waals surface area contributed by atoms with Crippen molar-refractivity contribution in [3.05, 3.63) is 59.2 Å². The van der Waals surface area contributed by atoms with E-state index in [2.05, 4.69) is 17.6 Å². The average Bonchev–Trinajstić information content (AvgIpc) is 2.94. The van der Waals surface area contributed by atoms with Crippen LogP contribution in [0, 0.1) is 19.8 Å². The van der Waals surface area contributed by atoms with Crippen LogP contribution < -0.4 is 15.4 Å². The van der Waals surface area contributed by atoms with Gasteiger partial charge in [0.25, 0.3) is 5.91 Å². The largest absolute Gasteiger partial charge is 0.497 e. The molecule has 3 atom stereocenters. The third kappa shape index (κ3) is 10.1. The van der Waals surface area contributed by atoms with Crippen molar-refractivity contribution in [2.45, 2.75) is 105 Å². The molecule has 232 valence electrons. The molecule has 0 radical (unpaired) electrons. The van der Waals surface area contributed by atoms with Crippen LogP contribution in [-0.2, 0) is 14.3 Å². The number of nitrogens with one attached hydrogen (secondary N) is 2. The SMILES string of the molecule is CCCCCCN(C(=O)C(NC(=O)OC(C)(C)C)C(C)CC)C(C(=O)Nc1ccc(OC)cc1)c1cccc(C)c1C. The van der Waals surface area contributed by atoms with Crippen LogP contribution in [-0.4, -0.2) is 48.1 Å². The van der Waals surface area contributed by atoms with Crippen molar-refractivity contribution in [1.29, 1.82) is 0 Å². The zero-order valence-electron chi connectivity index (χ0n) is 27.0. The molecule has 0 heterocycles. The van der Waals surface area contributed by atoms with Crippen molar-refractivity contribution in [3.63, 3.8) is 0 Å². The summed E-state index contributed by atoms with van der Waals surface area (Å²) in [4.78, 5) is 43.3. The summed E-state index contributed by atoms with van der Waals surface area (Å²) in [6.45, 7) is 15.7. The third-order valence-corrected chi connectivity index (χ3v) is 7.55. The van der Waals surface area contributed by atoms with Crippen LogP contribution in [0.15, 0.2) is 42.5 Å². The maximum atomic E-state index is 14.5. The normalized spacial score (nSPS) is 13.5. The van der Waals surface area contributed by atoms with Crippen LogP contribution in [0.4, 0.5) is 10.5 Å². The number of ether oxygens (including phenoxy) is 2. The van der Waals surface area contributed by atoms with E-state index in [1.807, 2.05) is 45.9 Å². The molecule has 8 nitrogen and oxygen atoms in total. The molecule has 0 aliphatic rings. The number of hydrogen-bond donors (Lipinski definition) is 2. The molecular weight excluding hydrogens is 530 g/mol. The van der Waals surface area contributed by atoms with Gasteiger partial charge in [-0.05, 0) is 87.9 Å². The summed E-state index contributed by atoms with van der Waals surface area (Å²) in [5.41, 5.74) is 2.61. The topological polar surface area (TPSA) is 97.0 Å². The molecule has 3 unspecified atom stereocenters. The van der Waals surface area contributed by atoms with Crippen LogP contribution in [0.2, 0.25) is 0 Å². The Kier molecular flexibility index (Phi) is 13.4. The molecule has 2 aromatic carbocycles. The van der Waals surface area contributed by atoms with Gasteiger partial charge in [-0.1, -0.05) is 64.7 Å². The number of benzene rings is 2. The molecule has 0 aliphatic carbocycles. The number of unbranched alkanes of at least 4 members (excludes halogenated alkanes) is 3. The molecule has 0 saturated heterocycles. The van der Waals surface area contributed by atoms with Gasteiger partial charge in [0.15, 0.2) is 0 Å². The van der Waals surface area contributed by atoms with Crippen LogP contribution in [0.25, 0.3) is 0 Å². The second kappa shape index (κ2) is 16.2. The molecule has 0 saturated carbocycles. The lowest BCUT2D eigenvalue weighted by Crippen LogP contribution is -2.55. The van der Waals surface area contributed by atoms with Crippen LogP contribution >= 0.6 is 0 Å². The summed E-state index contributed by atoms with van der Waals surface area (Å²) in [7, 11) is 1.59. The van der Waals surface area contributed by atoms with Crippen molar-refractivity contribution in [2.24, 2.45) is 5.92 Å². The maximum Gasteiger partial charge on any atom is 0.408 e. The number of rotatable bonds is 14. The molecule has 2 aromatic rings. The van der Waals surface area contributed by atoms with Gasteiger partial charge < -0.3 is 25.0 Å². The second-order valence-corrected chi connectivity index (χ2v) is 12.0. The van der Waals surface area contributed by atoms with Crippen molar-refractivity contribution in [3.8, 4) is 5.75 Å². The summed E-state index contributed by atoms with van der Waals surface area (Å²) in [5, 5.41) is 5.87. The van der Waals surface area contributed by atoms with Gasteiger partial charge >= 0.3 is 6.09 Å². The monoisotopic (exact) mass is 581 g/mol. The molecule has 0 aliphatic heterocycles. The number of methoxy groups -OCH3 is 1. The molecule has 0 fully saturated rings. The molecule has 2 rings (SSSR count). The summed E-state index contributed by atoms with van der Waals surface area (Å²) in [6, 6.07) is 11.1. The first kappa shape index (κ1) is 34.7. The van der Waals surface area contributed by atoms with Gasteiger partial charge in [-0.2, -0.15) is 0 Å². The fourth-order valence-electron chi connectivity index (χ4n) is 4.78. The zero-order valence-corrected chi connectivity index (χ0v) is 27.0. The van der Waals surface area contributed by atoms with E-state index in [1.165, 1.54) is 0 Å². The Morgan fingerprint density at radius 2 is 1.62 bits per heavy atom. The van der Waals surface area contributed by atoms with E-state index in [1.54, 1.807) is 57.0 Å². The van der Waals surface area contributed by atoms with Gasteiger partial charge in [-0.25, -0.2) is 4.79 Å². The molecule has 0 bridgehead atoms. The van der Waals surface area contributed by atoms with E-state index >= 15 is 0 Å². The van der Waals surface area contributed by atoms with Gasteiger partial charge in [0.1, 0.15) is 23.4 Å². The van der Waals surface area contributed by atoms with E-state index in [0.29, 0.717) is 24.4 Å². The predicted octanol–water partition coefficient (Wildman–Crippen LogP) is 7.34. The smallest absolute Gasteiger partial charge is 0.408 e. The first-order chi connectivity index (χ1) is 19.8. The number of carbonyl (C=O) groups excluding carboxylic acids is 3. The predicted molar refractivity (Wildman–Crippen MR) is 169 cm³/mol. The fourth-order valence-corrected chi connectivity index (χ4v) is 4.78. The first-order valence-corrected chi connectivity index (χ1v) is 15.1. The summed E-state index contributed by atoms with van der Waals surface area (Å²) >= 11 is 0. The summed E-state index contributed by atoms with van der Waals surface area (Å²) < 4.78 is 10.8. The van der Waals surface area contributed by atoms with E-state index < -0.39 is 23.8 Å². The second-order valence-electron chi connectivity index (χ2n) is 12.0. The lowest BCUT2D eigenvalue weighted by Gasteiger charge is -2.36. The lowest BCUT2D eigenvalue weighted by molar-refractivity contribution is -0.142. The highest BCUT2D eigenvalue weighted by molar-refractivity contribution is 5.99. The van der Waals surface area contributed by atoms with E-state index in [0.717, 1.165) is 42.4 Å². The highest BCUT2D eigenvalue weighted by Crippen LogP contribution is 2.30. The Bertz CT molecular complexity index is 1170. The zero-order chi connectivity index (χ0) is 31.4. The number of anilines is 1. The molecule has 0 aromatic heterocycles. The molecular formula is C34H51N3O5. The van der Waals surface area contributed by atoms with E-state index in [4.69, 9.17) is 9.47 Å². The molecule has 42 heavy (non-hydrogen) atoms. The Labute approximate surface area is 252 Å². The summed E-state index contributed by atoms with van der Waals surface area (Å²) in [5.74, 6) is -0.135. The van der Waals surface area contributed by atoms with Crippen LogP contribution in [0.5, 0.6) is 5.75 Å². The van der Waals surface area contributed by atoms with Gasteiger partial charge in [0.2, 0.25) is 5.91 Å². The van der Waals surface area contributed by atoms with Gasteiger partial charge in [0, 0.05) is 12.2 Å². The minimum atomic E-state index is -0.909. The molecule has 3 amide bonds. The van der Waals surface area contributed by atoms with Crippen LogP contribution in [0.1, 0.15) is 96.4 Å². The number of amides is 3. The van der Waals surface area contributed by atoms with Crippen molar-refractivity contribution < 1.29 is 23.9 Å². The van der Waals surface area contributed by atoms with Gasteiger partial charge in [0.05, 0.1) is 7.11 Å². The van der Waals surface area contributed by atoms with E-state index in [9.17, 15) is 14.4 Å².